The summed E-state index contributed by atoms with van der Waals surface area (Å²) in [7, 11) is 0. The molecule has 3 rings (SSSR count). The van der Waals surface area contributed by atoms with Gasteiger partial charge in [0.05, 0.1) is 5.75 Å². The maximum absolute atomic E-state index is 13.1. The number of aromatic nitrogens is 1. The molecule has 1 N–H and O–H groups in total. The third kappa shape index (κ3) is 3.56. The predicted octanol–water partition coefficient (Wildman–Crippen LogP) is 4.53. The first kappa shape index (κ1) is 15.6. The Kier molecular flexibility index (Phi) is 4.67. The number of aryl methyl sites for hydroxylation is 1. The van der Waals surface area contributed by atoms with E-state index in [-0.39, 0.29) is 17.5 Å². The average Bonchev–Trinajstić information content (AvgIpc) is 2.91. The molecule has 0 bridgehead atoms. The summed E-state index contributed by atoms with van der Waals surface area (Å²) < 4.78 is 15.3. The maximum Gasteiger partial charge on any atom is 0.234 e. The highest BCUT2D eigenvalue weighted by molar-refractivity contribution is 8.00. The number of halogens is 1. The fourth-order valence-electron chi connectivity index (χ4n) is 2.50. The summed E-state index contributed by atoms with van der Waals surface area (Å²) in [5.41, 5.74) is 1.65. The molecule has 1 amide bonds. The SMILES string of the molecule is CCn1cc(SCC(=O)Nc2cccc(F)c2)c2ccccc21. The minimum Gasteiger partial charge on any atom is -0.347 e. The number of carbonyl (C=O) groups excluding carboxylic acids is 1. The molecule has 0 unspecified atom stereocenters. The van der Waals surface area contributed by atoms with Crippen LogP contribution in [0.25, 0.3) is 10.9 Å². The Hall–Kier alpha value is -2.27. The fourth-order valence-corrected chi connectivity index (χ4v) is 3.38. The van der Waals surface area contributed by atoms with Crippen molar-refractivity contribution in [3.8, 4) is 0 Å². The van der Waals surface area contributed by atoms with E-state index in [4.69, 9.17) is 0 Å². The van der Waals surface area contributed by atoms with Crippen molar-refractivity contribution >= 4 is 34.3 Å². The van der Waals surface area contributed by atoms with Gasteiger partial charge in [0.25, 0.3) is 0 Å². The molecule has 118 valence electrons. The van der Waals surface area contributed by atoms with Crippen LogP contribution in [-0.4, -0.2) is 16.2 Å². The molecule has 3 nitrogen and oxygen atoms in total. The molecule has 1 aromatic heterocycles. The lowest BCUT2D eigenvalue weighted by atomic mass is 10.2. The van der Waals surface area contributed by atoms with E-state index < -0.39 is 0 Å². The highest BCUT2D eigenvalue weighted by atomic mass is 32.2. The van der Waals surface area contributed by atoms with Crippen LogP contribution in [0.4, 0.5) is 10.1 Å². The zero-order chi connectivity index (χ0) is 16.2. The van der Waals surface area contributed by atoms with Crippen molar-refractivity contribution in [1.29, 1.82) is 0 Å². The second-order valence-corrected chi connectivity index (χ2v) is 6.16. The van der Waals surface area contributed by atoms with Crippen LogP contribution in [0.15, 0.2) is 59.6 Å². The number of hydrogen-bond donors (Lipinski definition) is 1. The van der Waals surface area contributed by atoms with Crippen molar-refractivity contribution in [2.75, 3.05) is 11.1 Å². The Labute approximate surface area is 138 Å². The number of nitrogens with one attached hydrogen (secondary N) is 1. The normalized spacial score (nSPS) is 10.9. The molecule has 2 aromatic carbocycles. The van der Waals surface area contributed by atoms with Crippen LogP contribution in [0.2, 0.25) is 0 Å². The molecule has 1 heterocycles. The number of nitrogens with zero attached hydrogens (tertiary/aromatic N) is 1. The van der Waals surface area contributed by atoms with Gasteiger partial charge in [-0.1, -0.05) is 24.3 Å². The molecular formula is C18H17FN2OS. The molecular weight excluding hydrogens is 311 g/mol. The maximum atomic E-state index is 13.1. The minimum atomic E-state index is -0.360. The lowest BCUT2D eigenvalue weighted by Crippen LogP contribution is -2.13. The van der Waals surface area contributed by atoms with Crippen molar-refractivity contribution in [1.82, 2.24) is 4.57 Å². The van der Waals surface area contributed by atoms with Gasteiger partial charge in [0.15, 0.2) is 0 Å². The minimum absolute atomic E-state index is 0.145. The van der Waals surface area contributed by atoms with Crippen molar-refractivity contribution in [2.45, 2.75) is 18.4 Å². The van der Waals surface area contributed by atoms with E-state index >= 15 is 0 Å². The molecule has 5 heteroatoms. The molecule has 3 aromatic rings. The van der Waals surface area contributed by atoms with Crippen LogP contribution in [0.3, 0.4) is 0 Å². The first-order valence-electron chi connectivity index (χ1n) is 7.43. The molecule has 0 radical (unpaired) electrons. The van der Waals surface area contributed by atoms with Gasteiger partial charge in [-0.25, -0.2) is 4.39 Å². The Morgan fingerprint density at radius 3 is 2.83 bits per heavy atom. The van der Waals surface area contributed by atoms with E-state index in [1.165, 1.54) is 29.4 Å². The van der Waals surface area contributed by atoms with Gasteiger partial charge >= 0.3 is 0 Å². The van der Waals surface area contributed by atoms with Crippen LogP contribution in [0.5, 0.6) is 0 Å². The lowest BCUT2D eigenvalue weighted by molar-refractivity contribution is -0.113. The fraction of sp³-hybridized carbons (Fsp3) is 0.167. The number of hydrogen-bond acceptors (Lipinski definition) is 2. The summed E-state index contributed by atoms with van der Waals surface area (Å²) in [6, 6.07) is 14.1. The van der Waals surface area contributed by atoms with E-state index in [2.05, 4.69) is 35.1 Å². The molecule has 0 atom stereocenters. The molecule has 0 aliphatic heterocycles. The van der Waals surface area contributed by atoms with Gasteiger partial charge in [-0.05, 0) is 31.2 Å². The average molecular weight is 328 g/mol. The summed E-state index contributed by atoms with van der Waals surface area (Å²) in [5.74, 6) is -0.218. The van der Waals surface area contributed by atoms with E-state index in [1.54, 1.807) is 12.1 Å². The molecule has 0 spiro atoms. The molecule has 0 aliphatic rings. The standard InChI is InChI=1S/C18H17FN2OS/c1-2-21-11-17(15-8-3-4-9-16(15)21)23-12-18(22)20-14-7-5-6-13(19)10-14/h3-11H,2,12H2,1H3,(H,20,22). The summed E-state index contributed by atoms with van der Waals surface area (Å²) in [4.78, 5) is 13.1. The molecule has 0 saturated heterocycles. The Bertz CT molecular complexity index is 844. The second kappa shape index (κ2) is 6.87. The van der Waals surface area contributed by atoms with Crippen molar-refractivity contribution in [2.24, 2.45) is 0 Å². The number of rotatable bonds is 5. The predicted molar refractivity (Wildman–Crippen MR) is 93.4 cm³/mol. The van der Waals surface area contributed by atoms with E-state index in [9.17, 15) is 9.18 Å². The first-order valence-corrected chi connectivity index (χ1v) is 8.42. The number of anilines is 1. The lowest BCUT2D eigenvalue weighted by Gasteiger charge is -2.04. The number of thioether (sulfide) groups is 1. The van der Waals surface area contributed by atoms with Gasteiger partial charge in [0.2, 0.25) is 5.91 Å². The summed E-state index contributed by atoms with van der Waals surface area (Å²) in [5, 5.41) is 3.87. The van der Waals surface area contributed by atoms with Gasteiger partial charge in [-0.3, -0.25) is 4.79 Å². The highest BCUT2D eigenvalue weighted by Gasteiger charge is 2.10. The molecule has 23 heavy (non-hydrogen) atoms. The van der Waals surface area contributed by atoms with Gasteiger partial charge in [0.1, 0.15) is 5.82 Å². The summed E-state index contributed by atoms with van der Waals surface area (Å²) >= 11 is 1.49. The van der Waals surface area contributed by atoms with E-state index in [0.29, 0.717) is 5.69 Å². The number of carbonyl (C=O) groups is 1. The summed E-state index contributed by atoms with van der Waals surface area (Å²) in [6.07, 6.45) is 2.07. The zero-order valence-corrected chi connectivity index (χ0v) is 13.6. The Morgan fingerprint density at radius 2 is 2.04 bits per heavy atom. The van der Waals surface area contributed by atoms with Crippen LogP contribution in [0, 0.1) is 5.82 Å². The van der Waals surface area contributed by atoms with Crippen molar-refractivity contribution in [3.63, 3.8) is 0 Å². The van der Waals surface area contributed by atoms with Crippen LogP contribution in [0.1, 0.15) is 6.92 Å². The third-order valence-corrected chi connectivity index (χ3v) is 4.60. The Balaban J connectivity index is 1.70. The quantitative estimate of drug-likeness (QED) is 0.698. The first-order chi connectivity index (χ1) is 11.2. The topological polar surface area (TPSA) is 34.0 Å². The molecule has 0 fully saturated rings. The zero-order valence-electron chi connectivity index (χ0n) is 12.8. The number of para-hydroxylation sites is 1. The number of amides is 1. The van der Waals surface area contributed by atoms with E-state index in [0.717, 1.165) is 16.8 Å². The highest BCUT2D eigenvalue weighted by Crippen LogP contribution is 2.30. The van der Waals surface area contributed by atoms with Gasteiger partial charge in [-0.15, -0.1) is 11.8 Å². The second-order valence-electron chi connectivity index (χ2n) is 5.14. The monoisotopic (exact) mass is 328 g/mol. The number of fused-ring (bicyclic) bond motifs is 1. The smallest absolute Gasteiger partial charge is 0.234 e. The van der Waals surface area contributed by atoms with Crippen molar-refractivity contribution < 1.29 is 9.18 Å². The van der Waals surface area contributed by atoms with E-state index in [1.807, 2.05) is 12.1 Å². The van der Waals surface area contributed by atoms with Gasteiger partial charge in [-0.2, -0.15) is 0 Å². The molecule has 0 saturated carbocycles. The largest absolute Gasteiger partial charge is 0.347 e. The van der Waals surface area contributed by atoms with Gasteiger partial charge < -0.3 is 9.88 Å². The number of benzene rings is 2. The van der Waals surface area contributed by atoms with Crippen LogP contribution >= 0.6 is 11.8 Å². The van der Waals surface area contributed by atoms with Crippen LogP contribution in [-0.2, 0) is 11.3 Å². The van der Waals surface area contributed by atoms with Crippen LogP contribution < -0.4 is 5.32 Å². The van der Waals surface area contributed by atoms with Gasteiger partial charge in [0, 0.05) is 34.2 Å². The Morgan fingerprint density at radius 1 is 1.22 bits per heavy atom. The third-order valence-electron chi connectivity index (χ3n) is 3.56. The summed E-state index contributed by atoms with van der Waals surface area (Å²) in [6.45, 7) is 2.98. The van der Waals surface area contributed by atoms with Crippen molar-refractivity contribution in [3.05, 3.63) is 60.5 Å². The molecule has 0 aliphatic carbocycles.